The average molecular weight is 1590 g/mol. The van der Waals surface area contributed by atoms with Crippen LogP contribution in [-0.2, 0) is 90.1 Å². The van der Waals surface area contributed by atoms with Gasteiger partial charge in [0, 0.05) is 66.6 Å². The number of hydrogen-bond donors (Lipinski definition) is 16. The third-order valence-electron chi connectivity index (χ3n) is 13.6. The Bertz CT molecular complexity index is 2240. The number of aliphatic hydroxyl groups is 7. The molecule has 0 aliphatic rings. The van der Waals surface area contributed by atoms with Gasteiger partial charge in [-0.1, -0.05) is 13.8 Å². The Morgan fingerprint density at radius 2 is 0.731 bits per heavy atom. The van der Waals surface area contributed by atoms with E-state index in [1.165, 1.54) is 37.8 Å². The van der Waals surface area contributed by atoms with Crippen molar-refractivity contribution in [2.75, 3.05) is 193 Å². The van der Waals surface area contributed by atoms with Crippen LogP contribution in [0.5, 0.6) is 0 Å². The normalized spacial score (nSPS) is 11.0. The molecule has 108 heavy (non-hydrogen) atoms. The van der Waals surface area contributed by atoms with E-state index in [4.69, 9.17) is 127 Å². The van der Waals surface area contributed by atoms with Crippen molar-refractivity contribution >= 4 is 43.9 Å². The van der Waals surface area contributed by atoms with E-state index in [0.717, 1.165) is 0 Å². The summed E-state index contributed by atoms with van der Waals surface area (Å²) in [6.45, 7) is 11.9. The highest BCUT2D eigenvalue weighted by Crippen LogP contribution is 2.25. The van der Waals surface area contributed by atoms with Crippen LogP contribution in [0.25, 0.3) is 0 Å². The number of nitrogens with two attached hydrogens (primary N) is 3. The molecule has 634 valence electrons. The van der Waals surface area contributed by atoms with Gasteiger partial charge < -0.3 is 109 Å². The third kappa shape index (κ3) is 79.0. The average Bonchev–Trinajstić information content (AvgIpc) is 0.862. The summed E-state index contributed by atoms with van der Waals surface area (Å²) in [6, 6.07) is 5.98. The molecule has 0 heterocycles. The van der Waals surface area contributed by atoms with E-state index < -0.39 is 77.7 Å². The zero-order chi connectivity index (χ0) is 84.0. The van der Waals surface area contributed by atoms with Gasteiger partial charge in [-0.15, -0.1) is 0 Å². The van der Waals surface area contributed by atoms with Crippen LogP contribution >= 0.6 is 0 Å². The first-order valence-corrected chi connectivity index (χ1v) is 37.2. The summed E-state index contributed by atoms with van der Waals surface area (Å²) < 4.78 is 67.2. The second-order valence-corrected chi connectivity index (χ2v) is 29.2. The van der Waals surface area contributed by atoms with Crippen molar-refractivity contribution in [3.05, 3.63) is 20.2 Å². The topological polar surface area (TPSA) is 697 Å². The number of hydroxylamine groups is 3. The molecule has 0 aliphatic carbocycles. The maximum atomic E-state index is 11.1. The maximum Gasteiger partial charge on any atom is 0.307 e. The van der Waals surface area contributed by atoms with Gasteiger partial charge in [0.15, 0.2) is 0 Å². The number of nitro groups is 2. The summed E-state index contributed by atoms with van der Waals surface area (Å²) in [5.74, 6) is 2.20. The molecule has 0 unspecified atom stereocenters. The molecule has 0 aliphatic heterocycles. The van der Waals surface area contributed by atoms with Crippen LogP contribution in [0.15, 0.2) is 0 Å². The quantitative estimate of drug-likeness (QED) is 0.00589. The molecule has 0 fully saturated rings. The highest BCUT2D eigenvalue weighted by atomic mass is 28.4. The predicted molar refractivity (Wildman–Crippen MR) is 379 cm³/mol. The molecule has 44 nitrogen and oxygen atoms in total. The van der Waals surface area contributed by atoms with Crippen molar-refractivity contribution in [2.45, 2.75) is 146 Å². The zero-order valence-corrected chi connectivity index (χ0v) is 64.8. The van der Waals surface area contributed by atoms with Gasteiger partial charge >= 0.3 is 17.9 Å². The predicted octanol–water partition coefficient (Wildman–Crippen LogP) is -2.12. The minimum absolute atomic E-state index is 0.00310. The van der Waals surface area contributed by atoms with Gasteiger partial charge in [0.2, 0.25) is 32.6 Å². The van der Waals surface area contributed by atoms with E-state index in [1.807, 2.05) is 51.7 Å². The van der Waals surface area contributed by atoms with E-state index >= 15 is 0 Å². The lowest BCUT2D eigenvalue weighted by atomic mass is 9.89. The van der Waals surface area contributed by atoms with Crippen LogP contribution < -0.4 is 33.8 Å². The maximum absolute atomic E-state index is 11.1. The number of carbonyl (C=O) groups is 6. The fourth-order valence-electron chi connectivity index (χ4n) is 6.64. The van der Waals surface area contributed by atoms with Crippen molar-refractivity contribution in [2.24, 2.45) is 28.2 Å². The molecule has 0 rings (SSSR count). The lowest BCUT2D eigenvalue weighted by Gasteiger charge is -2.29. The molecule has 0 aromatic carbocycles. The Hall–Kier alpha value is -6.61. The zero-order valence-electron chi connectivity index (χ0n) is 63.8. The summed E-state index contributed by atoms with van der Waals surface area (Å²) in [7, 11) is 2.63. The third-order valence-corrected chi connectivity index (χ3v) is 14.3. The molecule has 0 bridgehead atoms. The van der Waals surface area contributed by atoms with Crippen LogP contribution in [0, 0.1) is 65.1 Å². The smallest absolute Gasteiger partial charge is 0.307 e. The number of nitrogens with zero attached hydrogens (tertiary/aromatic N) is 5. The van der Waals surface area contributed by atoms with Gasteiger partial charge in [0.05, 0.1) is 227 Å². The molecule has 0 aromatic heterocycles. The lowest BCUT2D eigenvalue weighted by Crippen LogP contribution is -2.50. The van der Waals surface area contributed by atoms with Gasteiger partial charge in [0.25, 0.3) is 5.54 Å². The summed E-state index contributed by atoms with van der Waals surface area (Å²) in [5.41, 5.74) is 11.7. The summed E-state index contributed by atoms with van der Waals surface area (Å²) >= 11 is 0. The second-order valence-electron chi connectivity index (χ2n) is 24.7. The molecule has 19 N–H and O–H groups in total. The molecule has 0 saturated heterocycles. The van der Waals surface area contributed by atoms with Crippen molar-refractivity contribution in [1.82, 2.24) is 16.4 Å². The highest BCUT2D eigenvalue weighted by molar-refractivity contribution is 6.69. The molecule has 3 amide bonds. The van der Waals surface area contributed by atoms with Gasteiger partial charge in [-0.3, -0.25) is 64.6 Å². The Morgan fingerprint density at radius 1 is 0.435 bits per heavy atom. The van der Waals surface area contributed by atoms with E-state index in [2.05, 4.69) is 18.7 Å². The van der Waals surface area contributed by atoms with Crippen molar-refractivity contribution in [1.29, 1.82) is 15.8 Å². The number of esters is 3. The van der Waals surface area contributed by atoms with Crippen LogP contribution in [0.1, 0.15) is 110 Å². The van der Waals surface area contributed by atoms with Gasteiger partial charge in [-0.25, -0.2) is 22.3 Å². The summed E-state index contributed by atoms with van der Waals surface area (Å²) in [5, 5.41) is 129. The van der Waals surface area contributed by atoms with Gasteiger partial charge in [0.1, 0.15) is 13.2 Å². The fourth-order valence-corrected chi connectivity index (χ4v) is 6.64. The highest BCUT2D eigenvalue weighted by Gasteiger charge is 2.41. The van der Waals surface area contributed by atoms with Crippen LogP contribution in [0.3, 0.4) is 0 Å². The number of nitrogens with one attached hydrogen (secondary N) is 3. The van der Waals surface area contributed by atoms with E-state index in [9.17, 15) is 49.0 Å². The molecule has 0 atom stereocenters. The Kier molecular flexibility index (Phi) is 81.9. The fraction of sp³-hybridized carbons (Fsp3) is 0.857. The van der Waals surface area contributed by atoms with Crippen LogP contribution in [0.2, 0.25) is 19.6 Å². The van der Waals surface area contributed by atoms with E-state index in [-0.39, 0.29) is 180 Å². The SMILES string of the molecule is CC(CCOCCC(=O)NO)(COCCC(=O)NO)COCCC(=O)NO.COC(=O)CCOCCC(C)(COCCC(=O)OC)COCCC(=O)OC.C[Si](C)(C)ON.N#CCCOCCC(N)(COCCC#N)COCCC#N.NC(CO)(CO)CCO.O=[N+]([O-])C(CO)(CO)CCO.O=[N+]([O-])CCCO. The molecule has 0 saturated carbocycles. The monoisotopic (exact) mass is 1590 g/mol. The first-order valence-electron chi connectivity index (χ1n) is 33.8. The number of ether oxygens (including phenoxy) is 12. The number of carbonyl (C=O) groups excluding carboxylic acids is 6. The van der Waals surface area contributed by atoms with E-state index in [1.54, 1.807) is 0 Å². The molecule has 0 aromatic rings. The Balaban J connectivity index is -0.000000235. The van der Waals surface area contributed by atoms with Gasteiger partial charge in [-0.05, 0) is 45.3 Å². The number of aliphatic hydroxyl groups excluding tert-OH is 7. The first-order chi connectivity index (χ1) is 51.0. The van der Waals surface area contributed by atoms with Crippen molar-refractivity contribution < 1.29 is 151 Å². The Labute approximate surface area is 631 Å². The molecular weight excluding hydrogens is 1470 g/mol. The molecule has 45 heteroatoms. The summed E-state index contributed by atoms with van der Waals surface area (Å²) in [4.78, 5) is 84.6. The van der Waals surface area contributed by atoms with Crippen molar-refractivity contribution in [3.63, 3.8) is 0 Å². The minimum atomic E-state index is -1.78. The number of hydrogen-bond acceptors (Lipinski definition) is 39. The van der Waals surface area contributed by atoms with Crippen LogP contribution in [0.4, 0.5) is 0 Å². The number of methoxy groups -OCH3 is 3. The molecular formula is C63H125N11O33Si. The van der Waals surface area contributed by atoms with Crippen LogP contribution in [-0.4, -0.2) is 315 Å². The van der Waals surface area contributed by atoms with E-state index in [0.29, 0.717) is 91.4 Å². The number of nitriles is 3. The largest absolute Gasteiger partial charge is 0.469 e. The first kappa shape index (κ1) is 115. The van der Waals surface area contributed by atoms with Crippen molar-refractivity contribution in [3.8, 4) is 18.2 Å². The molecule has 0 spiro atoms. The molecule has 0 radical (unpaired) electrons. The standard InChI is InChI=1S/C18H32O9.C15H29N3O9.C14H22N4O3.C5H11NO5.C5H13NO3.C3H7NO3.C3H11NOSi/c1-18(13-26-10-6-16(20)23-3,14-27-11-7-17(21)24-4)8-12-25-9-5-15(19)22-2;1-15(10-26-7-3-13(20)17-23,11-27-8-4-14(21)18-24)5-9-25-6-2-12(19)16-22;15-5-1-8-19-11-4-14(18,12-20-9-2-6-16)13-21-10-3-7-17;7-2-1-5(3-8,4-9)6(10)11;6-5(3-8,4-9)1-2-7;5-3-1-2-4(6)7;1-6(2,3)5-4/h5-14H2,1-4H3;22-24H,2-11H2,1H3,(H,16,19)(H,17,20)(H,18,21);1-4,8-13,18H2;7-9H,1-4H2;7-9H,1-4,6H2;5H,1-3H2;4H2,1-3H3. The number of amides is 3. The summed E-state index contributed by atoms with van der Waals surface area (Å²) in [6.07, 6.45) is 3.38. The van der Waals surface area contributed by atoms with Gasteiger partial charge in [-0.2, -0.15) is 15.8 Å². The second kappa shape index (κ2) is 77.1. The Morgan fingerprint density at radius 3 is 0.972 bits per heavy atom. The minimum Gasteiger partial charge on any atom is -0.469 e. The number of rotatable bonds is 58. The lowest BCUT2D eigenvalue weighted by molar-refractivity contribution is -0.578.